The molecule has 2 aromatic rings. The van der Waals surface area contributed by atoms with Gasteiger partial charge >= 0.3 is 0 Å². The van der Waals surface area contributed by atoms with E-state index in [0.717, 1.165) is 11.1 Å². The van der Waals surface area contributed by atoms with Crippen LogP contribution in [0.25, 0.3) is 0 Å². The van der Waals surface area contributed by atoms with Crippen LogP contribution >= 0.6 is 0 Å². The van der Waals surface area contributed by atoms with Gasteiger partial charge in [-0.3, -0.25) is 4.72 Å². The molecule has 19 heavy (non-hydrogen) atoms. The van der Waals surface area contributed by atoms with Crippen LogP contribution in [0, 0.1) is 13.8 Å². The molecule has 0 saturated heterocycles. The molecule has 0 saturated carbocycles. The van der Waals surface area contributed by atoms with E-state index < -0.39 is 10.0 Å². The normalized spacial score (nSPS) is 11.3. The van der Waals surface area contributed by atoms with Crippen LogP contribution in [-0.2, 0) is 10.0 Å². The zero-order valence-electron chi connectivity index (χ0n) is 10.7. The molecular formula is C13H15N3O2S. The monoisotopic (exact) mass is 277 g/mol. The molecule has 2 rings (SSSR count). The van der Waals surface area contributed by atoms with Crippen molar-refractivity contribution in [3.05, 3.63) is 47.7 Å². The van der Waals surface area contributed by atoms with Gasteiger partial charge in [0.2, 0.25) is 0 Å². The lowest BCUT2D eigenvalue weighted by atomic mass is 10.1. The largest absolute Gasteiger partial charge is 0.384 e. The van der Waals surface area contributed by atoms with Crippen LogP contribution in [-0.4, -0.2) is 13.4 Å². The van der Waals surface area contributed by atoms with E-state index in [-0.39, 0.29) is 10.7 Å². The smallest absolute Gasteiger partial charge is 0.263 e. The summed E-state index contributed by atoms with van der Waals surface area (Å²) in [5, 5.41) is 0. The molecule has 3 N–H and O–H groups in total. The lowest BCUT2D eigenvalue weighted by molar-refractivity contribution is 0.601. The predicted molar refractivity (Wildman–Crippen MR) is 75.4 cm³/mol. The van der Waals surface area contributed by atoms with Gasteiger partial charge in [-0.25, -0.2) is 13.4 Å². The van der Waals surface area contributed by atoms with E-state index in [9.17, 15) is 8.42 Å². The fraction of sp³-hybridized carbons (Fsp3) is 0.154. The van der Waals surface area contributed by atoms with E-state index in [1.807, 2.05) is 19.9 Å². The Balaban J connectivity index is 2.30. The summed E-state index contributed by atoms with van der Waals surface area (Å²) < 4.78 is 26.7. The first-order chi connectivity index (χ1) is 8.88. The van der Waals surface area contributed by atoms with Gasteiger partial charge in [0, 0.05) is 11.9 Å². The van der Waals surface area contributed by atoms with E-state index in [1.54, 1.807) is 12.1 Å². The molecule has 1 heterocycles. The average Bonchev–Trinajstić information content (AvgIpc) is 2.34. The van der Waals surface area contributed by atoms with E-state index in [4.69, 9.17) is 5.73 Å². The summed E-state index contributed by atoms with van der Waals surface area (Å²) in [5.41, 5.74) is 8.09. The van der Waals surface area contributed by atoms with Gasteiger partial charge in [0.05, 0.1) is 0 Å². The number of aromatic nitrogens is 1. The van der Waals surface area contributed by atoms with Crippen LogP contribution in [0.4, 0.5) is 11.5 Å². The highest BCUT2D eigenvalue weighted by Crippen LogP contribution is 2.18. The summed E-state index contributed by atoms with van der Waals surface area (Å²) >= 11 is 0. The number of nitrogens with zero attached hydrogens (tertiary/aromatic N) is 1. The maximum absolute atomic E-state index is 12.1. The van der Waals surface area contributed by atoms with Crippen LogP contribution < -0.4 is 10.5 Å². The standard InChI is InChI=1S/C13H15N3O2S/c1-9-3-4-11(7-10(9)2)16-19(17,18)12-5-6-13(14)15-8-12/h3-8,16H,1-2H3,(H2,14,15). The lowest BCUT2D eigenvalue weighted by Crippen LogP contribution is -2.13. The fourth-order valence-electron chi connectivity index (χ4n) is 1.57. The third-order valence-corrected chi connectivity index (χ3v) is 4.20. The second-order valence-corrected chi connectivity index (χ2v) is 6.01. The Morgan fingerprint density at radius 3 is 2.42 bits per heavy atom. The van der Waals surface area contributed by atoms with E-state index in [2.05, 4.69) is 9.71 Å². The van der Waals surface area contributed by atoms with Crippen LogP contribution in [0.1, 0.15) is 11.1 Å². The van der Waals surface area contributed by atoms with E-state index in [0.29, 0.717) is 5.69 Å². The van der Waals surface area contributed by atoms with Crippen molar-refractivity contribution in [2.75, 3.05) is 10.5 Å². The number of anilines is 2. The molecule has 5 nitrogen and oxygen atoms in total. The van der Waals surface area contributed by atoms with Crippen molar-refractivity contribution in [2.24, 2.45) is 0 Å². The van der Waals surface area contributed by atoms with Crippen LogP contribution in [0.2, 0.25) is 0 Å². The lowest BCUT2D eigenvalue weighted by Gasteiger charge is -2.09. The first kappa shape index (κ1) is 13.4. The Hall–Kier alpha value is -2.08. The number of pyridine rings is 1. The number of nitrogen functional groups attached to an aromatic ring is 1. The average molecular weight is 277 g/mol. The van der Waals surface area contributed by atoms with Crippen molar-refractivity contribution >= 4 is 21.5 Å². The maximum atomic E-state index is 12.1. The molecule has 0 aliphatic heterocycles. The zero-order chi connectivity index (χ0) is 14.0. The second kappa shape index (κ2) is 4.89. The number of sulfonamides is 1. The maximum Gasteiger partial charge on any atom is 0.263 e. The predicted octanol–water partition coefficient (Wildman–Crippen LogP) is 2.08. The molecular weight excluding hydrogens is 262 g/mol. The Kier molecular flexibility index (Phi) is 3.44. The van der Waals surface area contributed by atoms with E-state index >= 15 is 0 Å². The number of hydrogen-bond donors (Lipinski definition) is 2. The van der Waals surface area contributed by atoms with Crippen molar-refractivity contribution in [3.63, 3.8) is 0 Å². The van der Waals surface area contributed by atoms with Gasteiger partial charge in [0.15, 0.2) is 0 Å². The number of hydrogen-bond acceptors (Lipinski definition) is 4. The summed E-state index contributed by atoms with van der Waals surface area (Å²) in [6.07, 6.45) is 1.23. The SMILES string of the molecule is Cc1ccc(NS(=O)(=O)c2ccc(N)nc2)cc1C. The second-order valence-electron chi connectivity index (χ2n) is 4.32. The minimum absolute atomic E-state index is 0.0833. The van der Waals surface area contributed by atoms with Gasteiger partial charge in [0.1, 0.15) is 10.7 Å². The summed E-state index contributed by atoms with van der Waals surface area (Å²) in [4.78, 5) is 3.86. The molecule has 0 fully saturated rings. The molecule has 0 spiro atoms. The first-order valence-corrected chi connectivity index (χ1v) is 7.18. The molecule has 0 radical (unpaired) electrons. The Bertz CT molecular complexity index is 694. The van der Waals surface area contributed by atoms with Crippen molar-refractivity contribution in [1.29, 1.82) is 0 Å². The number of nitrogens with two attached hydrogens (primary N) is 1. The van der Waals surface area contributed by atoms with Gasteiger partial charge in [-0.05, 0) is 49.2 Å². The fourth-order valence-corrected chi connectivity index (χ4v) is 2.56. The third-order valence-electron chi connectivity index (χ3n) is 2.83. The molecule has 0 aliphatic rings. The third kappa shape index (κ3) is 3.03. The molecule has 0 atom stereocenters. The van der Waals surface area contributed by atoms with Gasteiger partial charge in [0.25, 0.3) is 10.0 Å². The Labute approximate surface area is 112 Å². The minimum Gasteiger partial charge on any atom is -0.384 e. The molecule has 0 unspecified atom stereocenters. The molecule has 6 heteroatoms. The van der Waals surface area contributed by atoms with E-state index in [1.165, 1.54) is 18.3 Å². The van der Waals surface area contributed by atoms with Crippen molar-refractivity contribution in [1.82, 2.24) is 4.98 Å². The van der Waals surface area contributed by atoms with Crippen LogP contribution in [0.5, 0.6) is 0 Å². The Morgan fingerprint density at radius 1 is 1.11 bits per heavy atom. The van der Waals surface area contributed by atoms with Crippen molar-refractivity contribution < 1.29 is 8.42 Å². The highest BCUT2D eigenvalue weighted by molar-refractivity contribution is 7.92. The van der Waals surface area contributed by atoms with Gasteiger partial charge in [-0.15, -0.1) is 0 Å². The van der Waals surface area contributed by atoms with Crippen LogP contribution in [0.3, 0.4) is 0 Å². The number of aryl methyl sites for hydroxylation is 2. The van der Waals surface area contributed by atoms with Gasteiger partial charge in [-0.1, -0.05) is 6.07 Å². The summed E-state index contributed by atoms with van der Waals surface area (Å²) in [5.74, 6) is 0.283. The minimum atomic E-state index is -3.63. The molecule has 0 bridgehead atoms. The van der Waals surface area contributed by atoms with Crippen molar-refractivity contribution in [2.45, 2.75) is 18.7 Å². The molecule has 1 aromatic carbocycles. The number of benzene rings is 1. The Morgan fingerprint density at radius 2 is 1.84 bits per heavy atom. The van der Waals surface area contributed by atoms with Gasteiger partial charge < -0.3 is 5.73 Å². The summed E-state index contributed by atoms with van der Waals surface area (Å²) in [6.45, 7) is 3.90. The van der Waals surface area contributed by atoms with Crippen molar-refractivity contribution in [3.8, 4) is 0 Å². The molecule has 0 amide bonds. The summed E-state index contributed by atoms with van der Waals surface area (Å²) in [6, 6.07) is 8.26. The number of nitrogens with one attached hydrogen (secondary N) is 1. The molecule has 1 aromatic heterocycles. The first-order valence-electron chi connectivity index (χ1n) is 5.70. The highest BCUT2D eigenvalue weighted by Gasteiger charge is 2.14. The molecule has 100 valence electrons. The summed E-state index contributed by atoms with van der Waals surface area (Å²) in [7, 11) is -3.63. The molecule has 0 aliphatic carbocycles. The van der Waals surface area contributed by atoms with Crippen LogP contribution in [0.15, 0.2) is 41.4 Å². The topological polar surface area (TPSA) is 85.1 Å². The van der Waals surface area contributed by atoms with Gasteiger partial charge in [-0.2, -0.15) is 0 Å². The highest BCUT2D eigenvalue weighted by atomic mass is 32.2. The quantitative estimate of drug-likeness (QED) is 0.899. The number of rotatable bonds is 3. The zero-order valence-corrected chi connectivity index (χ0v) is 11.5.